The summed E-state index contributed by atoms with van der Waals surface area (Å²) in [6, 6.07) is -0.0172. The summed E-state index contributed by atoms with van der Waals surface area (Å²) in [6.45, 7) is 11.0. The Balaban J connectivity index is 2.39. The molecule has 0 N–H and O–H groups in total. The molecule has 1 saturated heterocycles. The van der Waals surface area contributed by atoms with Crippen molar-refractivity contribution in [1.82, 2.24) is 19.0 Å². The van der Waals surface area contributed by atoms with Crippen molar-refractivity contribution >= 4 is 10.0 Å². The standard InChI is InChI=1S/C14H26N4O2S/c1-6-17-8-7-9-18(11(2)10-17)21(19,20)14-12(3)15-16(5)13(14)4/h11H,6-10H2,1-5H3/t11-/m1/s1. The van der Waals surface area contributed by atoms with Gasteiger partial charge in [-0.3, -0.25) is 4.68 Å². The molecule has 2 rings (SSSR count). The average Bonchev–Trinajstić information content (AvgIpc) is 2.58. The summed E-state index contributed by atoms with van der Waals surface area (Å²) >= 11 is 0. The van der Waals surface area contributed by atoms with Gasteiger partial charge in [-0.25, -0.2) is 8.42 Å². The molecule has 21 heavy (non-hydrogen) atoms. The minimum atomic E-state index is -3.48. The average molecular weight is 314 g/mol. The lowest BCUT2D eigenvalue weighted by Gasteiger charge is -2.28. The third kappa shape index (κ3) is 3.00. The SMILES string of the molecule is CCN1CCCN(S(=O)(=O)c2c(C)nn(C)c2C)[C@H](C)C1. The Morgan fingerprint density at radius 3 is 2.48 bits per heavy atom. The molecule has 1 aromatic heterocycles. The van der Waals surface area contributed by atoms with E-state index in [1.165, 1.54) is 0 Å². The zero-order valence-corrected chi connectivity index (χ0v) is 14.4. The lowest BCUT2D eigenvalue weighted by atomic mass is 10.3. The third-order valence-corrected chi connectivity index (χ3v) is 6.59. The van der Waals surface area contributed by atoms with Gasteiger partial charge >= 0.3 is 0 Å². The fourth-order valence-electron chi connectivity index (χ4n) is 3.12. The van der Waals surface area contributed by atoms with E-state index in [2.05, 4.69) is 16.9 Å². The molecule has 0 saturated carbocycles. The maximum atomic E-state index is 13.1. The Kier molecular flexibility index (Phi) is 4.75. The van der Waals surface area contributed by atoms with Crippen LogP contribution in [0.15, 0.2) is 4.90 Å². The van der Waals surface area contributed by atoms with Crippen molar-refractivity contribution in [1.29, 1.82) is 0 Å². The topological polar surface area (TPSA) is 58.4 Å². The number of aryl methyl sites for hydroxylation is 2. The van der Waals surface area contributed by atoms with E-state index in [4.69, 9.17) is 0 Å². The molecule has 0 aliphatic carbocycles. The Hall–Kier alpha value is -0.920. The van der Waals surface area contributed by atoms with Crippen molar-refractivity contribution in [2.45, 2.75) is 45.1 Å². The van der Waals surface area contributed by atoms with E-state index in [9.17, 15) is 8.42 Å². The Bertz CT molecular complexity index is 609. The number of hydrogen-bond acceptors (Lipinski definition) is 4. The molecule has 120 valence electrons. The van der Waals surface area contributed by atoms with Gasteiger partial charge in [-0.15, -0.1) is 0 Å². The van der Waals surface area contributed by atoms with E-state index in [1.807, 2.05) is 13.8 Å². The largest absolute Gasteiger partial charge is 0.302 e. The van der Waals surface area contributed by atoms with Crippen LogP contribution in [0, 0.1) is 13.8 Å². The highest BCUT2D eigenvalue weighted by molar-refractivity contribution is 7.89. The smallest absolute Gasteiger partial charge is 0.247 e. The monoisotopic (exact) mass is 314 g/mol. The van der Waals surface area contributed by atoms with Gasteiger partial charge in [0.2, 0.25) is 10.0 Å². The third-order valence-electron chi connectivity index (χ3n) is 4.32. The maximum Gasteiger partial charge on any atom is 0.247 e. The first kappa shape index (κ1) is 16.5. The van der Waals surface area contributed by atoms with Gasteiger partial charge in [-0.1, -0.05) is 6.92 Å². The van der Waals surface area contributed by atoms with Crippen molar-refractivity contribution in [3.8, 4) is 0 Å². The highest BCUT2D eigenvalue weighted by Gasteiger charge is 2.35. The number of rotatable bonds is 3. The lowest BCUT2D eigenvalue weighted by molar-refractivity contribution is 0.261. The van der Waals surface area contributed by atoms with E-state index in [0.717, 1.165) is 26.1 Å². The summed E-state index contributed by atoms with van der Waals surface area (Å²) < 4.78 is 29.4. The van der Waals surface area contributed by atoms with Crippen LogP contribution >= 0.6 is 0 Å². The van der Waals surface area contributed by atoms with Crippen LogP contribution in [0.5, 0.6) is 0 Å². The van der Waals surface area contributed by atoms with E-state index < -0.39 is 10.0 Å². The zero-order chi connectivity index (χ0) is 15.8. The van der Waals surface area contributed by atoms with Gasteiger partial charge in [-0.2, -0.15) is 9.40 Å². The van der Waals surface area contributed by atoms with Crippen LogP contribution in [-0.4, -0.2) is 59.6 Å². The minimum absolute atomic E-state index is 0.0172. The van der Waals surface area contributed by atoms with E-state index >= 15 is 0 Å². The highest BCUT2D eigenvalue weighted by atomic mass is 32.2. The van der Waals surface area contributed by atoms with Gasteiger partial charge in [0.25, 0.3) is 0 Å². The van der Waals surface area contributed by atoms with Gasteiger partial charge in [0.05, 0.1) is 11.4 Å². The summed E-state index contributed by atoms with van der Waals surface area (Å²) in [5.74, 6) is 0. The van der Waals surface area contributed by atoms with Crippen molar-refractivity contribution < 1.29 is 8.42 Å². The number of nitrogens with zero attached hydrogens (tertiary/aromatic N) is 4. The maximum absolute atomic E-state index is 13.1. The van der Waals surface area contributed by atoms with Gasteiger partial charge in [0.1, 0.15) is 4.90 Å². The summed E-state index contributed by atoms with van der Waals surface area (Å²) in [4.78, 5) is 2.69. The lowest BCUT2D eigenvalue weighted by Crippen LogP contribution is -2.42. The molecule has 2 heterocycles. The minimum Gasteiger partial charge on any atom is -0.302 e. The van der Waals surface area contributed by atoms with E-state index in [1.54, 1.807) is 23.0 Å². The molecule has 7 heteroatoms. The van der Waals surface area contributed by atoms with Crippen LogP contribution in [0.2, 0.25) is 0 Å². The van der Waals surface area contributed by atoms with Gasteiger partial charge in [0.15, 0.2) is 0 Å². The van der Waals surface area contributed by atoms with Crippen LogP contribution < -0.4 is 0 Å². The molecular formula is C14H26N4O2S. The van der Waals surface area contributed by atoms with Crippen LogP contribution in [0.4, 0.5) is 0 Å². The molecule has 1 aliphatic heterocycles. The molecule has 0 radical (unpaired) electrons. The molecule has 6 nitrogen and oxygen atoms in total. The predicted octanol–water partition coefficient (Wildman–Crippen LogP) is 1.14. The number of sulfonamides is 1. The van der Waals surface area contributed by atoms with Crippen molar-refractivity contribution in [2.24, 2.45) is 7.05 Å². The Morgan fingerprint density at radius 1 is 1.29 bits per heavy atom. The quantitative estimate of drug-likeness (QED) is 0.839. The summed E-state index contributed by atoms with van der Waals surface area (Å²) in [7, 11) is -1.70. The fraction of sp³-hybridized carbons (Fsp3) is 0.786. The molecular weight excluding hydrogens is 288 g/mol. The highest BCUT2D eigenvalue weighted by Crippen LogP contribution is 2.26. The normalized spacial score (nSPS) is 22.4. The number of likely N-dealkylation sites (N-methyl/N-ethyl adjacent to an activating group) is 1. The molecule has 1 fully saturated rings. The van der Waals surface area contributed by atoms with Crippen molar-refractivity contribution in [3.63, 3.8) is 0 Å². The molecule has 1 aromatic rings. The fourth-order valence-corrected chi connectivity index (χ4v) is 5.18. The van der Waals surface area contributed by atoms with E-state index in [0.29, 0.717) is 22.8 Å². The zero-order valence-electron chi connectivity index (χ0n) is 13.6. The molecule has 1 aliphatic rings. The predicted molar refractivity (Wildman–Crippen MR) is 82.8 cm³/mol. The van der Waals surface area contributed by atoms with Crippen LogP contribution in [0.3, 0.4) is 0 Å². The van der Waals surface area contributed by atoms with Crippen LogP contribution in [0.1, 0.15) is 31.7 Å². The Morgan fingerprint density at radius 2 is 1.95 bits per heavy atom. The summed E-state index contributed by atoms with van der Waals surface area (Å²) in [6.07, 6.45) is 0.871. The first-order valence-corrected chi connectivity index (χ1v) is 8.97. The second-order valence-electron chi connectivity index (χ2n) is 5.84. The van der Waals surface area contributed by atoms with Crippen LogP contribution in [-0.2, 0) is 17.1 Å². The summed E-state index contributed by atoms with van der Waals surface area (Å²) in [5, 5.41) is 4.25. The van der Waals surface area contributed by atoms with Crippen molar-refractivity contribution in [2.75, 3.05) is 26.2 Å². The van der Waals surface area contributed by atoms with Gasteiger partial charge < -0.3 is 4.90 Å². The molecule has 0 unspecified atom stereocenters. The first-order chi connectivity index (χ1) is 9.78. The van der Waals surface area contributed by atoms with Crippen molar-refractivity contribution in [3.05, 3.63) is 11.4 Å². The molecule has 0 bridgehead atoms. The van der Waals surface area contributed by atoms with Gasteiger partial charge in [-0.05, 0) is 40.3 Å². The molecule has 0 amide bonds. The summed E-state index contributed by atoms with van der Waals surface area (Å²) in [5.41, 5.74) is 1.29. The second kappa shape index (κ2) is 6.06. The van der Waals surface area contributed by atoms with Crippen LogP contribution in [0.25, 0.3) is 0 Å². The first-order valence-electron chi connectivity index (χ1n) is 7.53. The van der Waals surface area contributed by atoms with Gasteiger partial charge in [0, 0.05) is 26.2 Å². The number of hydrogen-bond donors (Lipinski definition) is 0. The molecule has 0 aromatic carbocycles. The van der Waals surface area contributed by atoms with E-state index in [-0.39, 0.29) is 6.04 Å². The molecule has 0 spiro atoms. The second-order valence-corrected chi connectivity index (χ2v) is 7.66. The number of aromatic nitrogens is 2. The Labute approximate surface area is 127 Å². The molecule has 1 atom stereocenters.